The highest BCUT2D eigenvalue weighted by molar-refractivity contribution is 6.30. The Labute approximate surface area is 178 Å². The number of nitrogens with zero attached hydrogens (tertiary/aromatic N) is 3. The van der Waals surface area contributed by atoms with Crippen molar-refractivity contribution in [2.75, 3.05) is 13.1 Å². The lowest BCUT2D eigenvalue weighted by atomic mass is 9.96. The first kappa shape index (κ1) is 19.1. The molecule has 1 aliphatic heterocycles. The third-order valence-corrected chi connectivity index (χ3v) is 6.04. The lowest BCUT2D eigenvalue weighted by molar-refractivity contribution is -0.0363. The van der Waals surface area contributed by atoms with E-state index in [2.05, 4.69) is 15.0 Å². The molecule has 1 N–H and O–H groups in total. The van der Waals surface area contributed by atoms with Gasteiger partial charge in [0.25, 0.3) is 0 Å². The number of rotatable bonds is 6. The van der Waals surface area contributed by atoms with Gasteiger partial charge in [-0.3, -0.25) is 4.90 Å². The zero-order chi connectivity index (χ0) is 20.7. The number of halogens is 1. The fourth-order valence-corrected chi connectivity index (χ4v) is 4.07. The maximum absolute atomic E-state index is 10.5. The SMILES string of the molecule is O=C(O)OC1CN(Cc2ccc(-c3noc(C4(c5ccc(Cl)cc5)CC4)n3)cc2)C1. The summed E-state index contributed by atoms with van der Waals surface area (Å²) >= 11 is 6.01. The molecule has 1 aliphatic carbocycles. The molecule has 30 heavy (non-hydrogen) atoms. The zero-order valence-electron chi connectivity index (χ0n) is 16.1. The van der Waals surface area contributed by atoms with Crippen molar-refractivity contribution in [3.63, 3.8) is 0 Å². The normalized spacial score (nSPS) is 18.0. The van der Waals surface area contributed by atoms with Gasteiger partial charge in [0.2, 0.25) is 11.7 Å². The standard InChI is InChI=1S/C22H20ClN3O4/c23-17-7-5-16(6-8-17)22(9-10-22)20-24-19(25-30-20)15-3-1-14(2-4-15)11-26-12-18(13-26)29-21(27)28/h1-8,18H,9-13H2,(H,27,28). The Kier molecular flexibility index (Phi) is 4.72. The molecule has 8 heteroatoms. The Morgan fingerprint density at radius 1 is 1.17 bits per heavy atom. The molecule has 5 rings (SSSR count). The van der Waals surface area contributed by atoms with Crippen LogP contribution in [0.25, 0.3) is 11.4 Å². The molecule has 3 aromatic rings. The molecular formula is C22H20ClN3O4. The maximum Gasteiger partial charge on any atom is 0.506 e. The van der Waals surface area contributed by atoms with Crippen LogP contribution in [0.1, 0.15) is 29.9 Å². The summed E-state index contributed by atoms with van der Waals surface area (Å²) in [5.74, 6) is 1.23. The van der Waals surface area contributed by atoms with Crippen molar-refractivity contribution in [3.05, 3.63) is 70.6 Å². The molecule has 7 nitrogen and oxygen atoms in total. The predicted octanol–water partition coefficient (Wildman–Crippen LogP) is 4.35. The van der Waals surface area contributed by atoms with E-state index >= 15 is 0 Å². The van der Waals surface area contributed by atoms with Crippen molar-refractivity contribution in [1.82, 2.24) is 15.0 Å². The molecule has 1 aromatic heterocycles. The molecule has 1 saturated heterocycles. The smallest absolute Gasteiger partial charge is 0.450 e. The summed E-state index contributed by atoms with van der Waals surface area (Å²) in [6, 6.07) is 15.9. The van der Waals surface area contributed by atoms with Gasteiger partial charge in [0.15, 0.2) is 0 Å². The fraction of sp³-hybridized carbons (Fsp3) is 0.318. The largest absolute Gasteiger partial charge is 0.506 e. The molecule has 0 radical (unpaired) electrons. The van der Waals surface area contributed by atoms with E-state index in [1.54, 1.807) is 0 Å². The van der Waals surface area contributed by atoms with Gasteiger partial charge in [0.05, 0.1) is 5.41 Å². The Hall–Kier alpha value is -2.90. The summed E-state index contributed by atoms with van der Waals surface area (Å²) in [6.45, 7) is 1.99. The van der Waals surface area contributed by atoms with E-state index in [0.717, 1.165) is 36.1 Å². The molecule has 0 atom stereocenters. The van der Waals surface area contributed by atoms with E-state index in [1.165, 1.54) is 0 Å². The Morgan fingerprint density at radius 3 is 2.50 bits per heavy atom. The van der Waals surface area contributed by atoms with Crippen molar-refractivity contribution in [3.8, 4) is 11.4 Å². The summed E-state index contributed by atoms with van der Waals surface area (Å²) in [5.41, 5.74) is 2.99. The molecule has 0 amide bonds. The van der Waals surface area contributed by atoms with Crippen LogP contribution in [0.3, 0.4) is 0 Å². The monoisotopic (exact) mass is 425 g/mol. The number of hydrogen-bond acceptors (Lipinski definition) is 6. The van der Waals surface area contributed by atoms with Gasteiger partial charge in [-0.25, -0.2) is 4.79 Å². The van der Waals surface area contributed by atoms with Gasteiger partial charge in [0, 0.05) is 30.2 Å². The second kappa shape index (κ2) is 7.41. The van der Waals surface area contributed by atoms with Crippen LogP contribution in [0.15, 0.2) is 53.1 Å². The van der Waals surface area contributed by atoms with Crippen molar-refractivity contribution < 1.29 is 19.2 Å². The number of benzene rings is 2. The summed E-state index contributed by atoms with van der Waals surface area (Å²) < 4.78 is 10.4. The third kappa shape index (κ3) is 3.66. The van der Waals surface area contributed by atoms with Crippen molar-refractivity contribution in [1.29, 1.82) is 0 Å². The Bertz CT molecular complexity index is 1050. The van der Waals surface area contributed by atoms with Gasteiger partial charge in [-0.1, -0.05) is 53.2 Å². The van der Waals surface area contributed by atoms with Crippen LogP contribution in [0.2, 0.25) is 5.02 Å². The number of carboxylic acid groups (broad SMARTS) is 1. The molecular weight excluding hydrogens is 406 g/mol. The van der Waals surface area contributed by atoms with Crippen LogP contribution in [0.4, 0.5) is 4.79 Å². The first-order chi connectivity index (χ1) is 14.5. The van der Waals surface area contributed by atoms with E-state index in [9.17, 15) is 4.79 Å². The number of ether oxygens (including phenoxy) is 1. The van der Waals surface area contributed by atoms with Crippen LogP contribution in [-0.2, 0) is 16.7 Å². The predicted molar refractivity (Wildman–Crippen MR) is 109 cm³/mol. The molecule has 2 fully saturated rings. The Morgan fingerprint density at radius 2 is 1.87 bits per heavy atom. The number of aromatic nitrogens is 2. The molecule has 2 heterocycles. The highest BCUT2D eigenvalue weighted by Gasteiger charge is 2.51. The minimum atomic E-state index is -1.22. The molecule has 0 spiro atoms. The zero-order valence-corrected chi connectivity index (χ0v) is 16.9. The first-order valence-electron chi connectivity index (χ1n) is 9.83. The molecule has 2 aliphatic rings. The van der Waals surface area contributed by atoms with Crippen molar-refractivity contribution >= 4 is 17.8 Å². The van der Waals surface area contributed by atoms with Gasteiger partial charge in [-0.15, -0.1) is 0 Å². The van der Waals surface area contributed by atoms with Crippen LogP contribution >= 0.6 is 11.6 Å². The van der Waals surface area contributed by atoms with E-state index in [1.807, 2.05) is 48.5 Å². The summed E-state index contributed by atoms with van der Waals surface area (Å²) in [5, 5.41) is 13.5. The second-order valence-corrected chi connectivity index (χ2v) is 8.35. The van der Waals surface area contributed by atoms with E-state index in [4.69, 9.17) is 26.0 Å². The Balaban J connectivity index is 1.25. The lowest BCUT2D eigenvalue weighted by Gasteiger charge is -2.37. The van der Waals surface area contributed by atoms with Gasteiger partial charge in [-0.2, -0.15) is 4.98 Å². The van der Waals surface area contributed by atoms with Gasteiger partial charge in [0.1, 0.15) is 6.10 Å². The molecule has 154 valence electrons. The molecule has 0 bridgehead atoms. The van der Waals surface area contributed by atoms with E-state index in [-0.39, 0.29) is 11.5 Å². The minimum Gasteiger partial charge on any atom is -0.450 e. The molecule has 2 aromatic carbocycles. The van der Waals surface area contributed by atoms with E-state index in [0.29, 0.717) is 29.8 Å². The van der Waals surface area contributed by atoms with Gasteiger partial charge < -0.3 is 14.4 Å². The third-order valence-electron chi connectivity index (χ3n) is 5.79. The molecule has 0 unspecified atom stereocenters. The average Bonchev–Trinajstić information content (AvgIpc) is 3.36. The highest BCUT2D eigenvalue weighted by atomic mass is 35.5. The van der Waals surface area contributed by atoms with Crippen LogP contribution in [0, 0.1) is 0 Å². The second-order valence-electron chi connectivity index (χ2n) is 7.91. The minimum absolute atomic E-state index is 0.193. The van der Waals surface area contributed by atoms with Crippen molar-refractivity contribution in [2.24, 2.45) is 0 Å². The summed E-state index contributed by atoms with van der Waals surface area (Å²) in [6.07, 6.45) is 0.525. The highest BCUT2D eigenvalue weighted by Crippen LogP contribution is 2.53. The van der Waals surface area contributed by atoms with Crippen LogP contribution in [-0.4, -0.2) is 45.5 Å². The van der Waals surface area contributed by atoms with Crippen LogP contribution in [0.5, 0.6) is 0 Å². The van der Waals surface area contributed by atoms with Gasteiger partial charge in [-0.05, 0) is 36.1 Å². The first-order valence-corrected chi connectivity index (χ1v) is 10.2. The number of carbonyl (C=O) groups is 1. The van der Waals surface area contributed by atoms with Crippen molar-refractivity contribution in [2.45, 2.75) is 30.9 Å². The number of hydrogen-bond donors (Lipinski definition) is 1. The fourth-order valence-electron chi connectivity index (χ4n) is 3.94. The average molecular weight is 426 g/mol. The topological polar surface area (TPSA) is 88.7 Å². The maximum atomic E-state index is 10.5. The quantitative estimate of drug-likeness (QED) is 0.587. The molecule has 1 saturated carbocycles. The van der Waals surface area contributed by atoms with E-state index < -0.39 is 6.16 Å². The summed E-state index contributed by atoms with van der Waals surface area (Å²) in [4.78, 5) is 17.3. The summed E-state index contributed by atoms with van der Waals surface area (Å²) in [7, 11) is 0. The van der Waals surface area contributed by atoms with Gasteiger partial charge >= 0.3 is 6.16 Å². The lowest BCUT2D eigenvalue weighted by Crippen LogP contribution is -2.52. The van der Waals surface area contributed by atoms with Crippen LogP contribution < -0.4 is 0 Å². The number of likely N-dealkylation sites (tertiary alicyclic amines) is 1.